The molecule has 2 aromatic carbocycles. The Morgan fingerprint density at radius 1 is 1.00 bits per heavy atom. The van der Waals surface area contributed by atoms with Gasteiger partial charge in [0.1, 0.15) is 0 Å². The molecular weight excluding hydrogens is 284 g/mol. The fraction of sp³-hybridized carbons (Fsp3) is 0.200. The maximum atomic E-state index is 12.9. The molecule has 0 saturated carbocycles. The first-order valence-electron chi connectivity index (χ1n) is 8.01. The van der Waals surface area contributed by atoms with Gasteiger partial charge in [-0.15, -0.1) is 0 Å². The van der Waals surface area contributed by atoms with Gasteiger partial charge < -0.3 is 4.90 Å². The lowest BCUT2D eigenvalue weighted by Gasteiger charge is -2.17. The summed E-state index contributed by atoms with van der Waals surface area (Å²) < 4.78 is 0. The normalized spacial score (nSPS) is 17.6. The number of nitrogens with zero attached hydrogens (tertiary/aromatic N) is 2. The monoisotopic (exact) mass is 302 g/mol. The van der Waals surface area contributed by atoms with E-state index >= 15 is 0 Å². The predicted octanol–water partition coefficient (Wildman–Crippen LogP) is 3.86. The number of rotatable bonds is 2. The minimum atomic E-state index is 0.113. The van der Waals surface area contributed by atoms with E-state index in [1.807, 2.05) is 41.3 Å². The molecule has 114 valence electrons. The molecule has 1 fully saturated rings. The van der Waals surface area contributed by atoms with Crippen LogP contribution in [0.1, 0.15) is 28.3 Å². The van der Waals surface area contributed by atoms with E-state index in [1.54, 1.807) is 6.20 Å². The summed E-state index contributed by atoms with van der Waals surface area (Å²) in [7, 11) is 0. The van der Waals surface area contributed by atoms with Crippen molar-refractivity contribution in [1.29, 1.82) is 0 Å². The van der Waals surface area contributed by atoms with Gasteiger partial charge in [-0.2, -0.15) is 0 Å². The fourth-order valence-electron chi connectivity index (χ4n) is 3.39. The van der Waals surface area contributed by atoms with Crippen molar-refractivity contribution in [2.45, 2.75) is 12.3 Å². The van der Waals surface area contributed by atoms with Crippen LogP contribution < -0.4 is 0 Å². The topological polar surface area (TPSA) is 33.2 Å². The van der Waals surface area contributed by atoms with Gasteiger partial charge in [-0.1, -0.05) is 48.5 Å². The Labute approximate surface area is 135 Å². The average Bonchev–Trinajstić information content (AvgIpc) is 3.11. The highest BCUT2D eigenvalue weighted by atomic mass is 16.2. The first-order chi connectivity index (χ1) is 11.3. The van der Waals surface area contributed by atoms with Gasteiger partial charge in [0.2, 0.25) is 0 Å². The Balaban J connectivity index is 1.60. The number of fused-ring (bicyclic) bond motifs is 1. The number of aromatic nitrogens is 1. The lowest BCUT2D eigenvalue weighted by Crippen LogP contribution is -2.28. The summed E-state index contributed by atoms with van der Waals surface area (Å²) in [5.74, 6) is 0.551. The molecule has 3 heteroatoms. The molecule has 2 heterocycles. The summed E-state index contributed by atoms with van der Waals surface area (Å²) in [5, 5.41) is 0.933. The van der Waals surface area contributed by atoms with Crippen LogP contribution in [0.25, 0.3) is 10.9 Å². The molecule has 1 atom stereocenters. The zero-order valence-electron chi connectivity index (χ0n) is 12.9. The standard InChI is InChI=1S/C20H18N2O/c23-20(18-10-12-21-19-9-5-4-8-17(18)19)22-13-11-16(14-22)15-6-2-1-3-7-15/h1-10,12,16H,11,13-14H2/t16-/m1/s1. The summed E-state index contributed by atoms with van der Waals surface area (Å²) >= 11 is 0. The maximum absolute atomic E-state index is 12.9. The zero-order valence-corrected chi connectivity index (χ0v) is 12.9. The molecule has 3 nitrogen and oxygen atoms in total. The molecule has 1 amide bonds. The number of pyridine rings is 1. The van der Waals surface area contributed by atoms with Crippen LogP contribution in [0.2, 0.25) is 0 Å². The van der Waals surface area contributed by atoms with Gasteiger partial charge in [0.25, 0.3) is 5.91 Å². The Morgan fingerprint density at radius 3 is 2.65 bits per heavy atom. The second kappa shape index (κ2) is 5.84. The summed E-state index contributed by atoms with van der Waals surface area (Å²) in [6.45, 7) is 1.61. The number of para-hydroxylation sites is 1. The van der Waals surface area contributed by atoms with Crippen molar-refractivity contribution in [2.75, 3.05) is 13.1 Å². The Morgan fingerprint density at radius 2 is 1.78 bits per heavy atom. The molecule has 3 aromatic rings. The van der Waals surface area contributed by atoms with Crippen LogP contribution in [0.15, 0.2) is 66.9 Å². The number of hydrogen-bond donors (Lipinski definition) is 0. The number of benzene rings is 2. The van der Waals surface area contributed by atoms with E-state index < -0.39 is 0 Å². The second-order valence-electron chi connectivity index (χ2n) is 6.02. The zero-order chi connectivity index (χ0) is 15.6. The van der Waals surface area contributed by atoms with Gasteiger partial charge in [-0.25, -0.2) is 0 Å². The fourth-order valence-corrected chi connectivity index (χ4v) is 3.39. The molecule has 23 heavy (non-hydrogen) atoms. The van der Waals surface area contributed by atoms with Crippen molar-refractivity contribution in [3.63, 3.8) is 0 Å². The molecular formula is C20H18N2O. The van der Waals surface area contributed by atoms with E-state index in [4.69, 9.17) is 0 Å². The van der Waals surface area contributed by atoms with E-state index in [1.165, 1.54) is 5.56 Å². The molecule has 0 N–H and O–H groups in total. The largest absolute Gasteiger partial charge is 0.338 e. The summed E-state index contributed by atoms with van der Waals surface area (Å²) in [6.07, 6.45) is 2.75. The Hall–Kier alpha value is -2.68. The Kier molecular flexibility index (Phi) is 3.54. The number of hydrogen-bond acceptors (Lipinski definition) is 2. The summed E-state index contributed by atoms with van der Waals surface area (Å²) in [5.41, 5.74) is 2.95. The van der Waals surface area contributed by atoms with Crippen LogP contribution in [0.3, 0.4) is 0 Å². The minimum absolute atomic E-state index is 0.113. The van der Waals surface area contributed by atoms with Gasteiger partial charge in [-0.3, -0.25) is 9.78 Å². The van der Waals surface area contributed by atoms with Crippen molar-refractivity contribution < 1.29 is 4.79 Å². The number of likely N-dealkylation sites (tertiary alicyclic amines) is 1. The lowest BCUT2D eigenvalue weighted by molar-refractivity contribution is 0.0792. The molecule has 0 bridgehead atoms. The molecule has 0 spiro atoms. The smallest absolute Gasteiger partial charge is 0.254 e. The molecule has 1 aliphatic heterocycles. The molecule has 4 rings (SSSR count). The first kappa shape index (κ1) is 13.9. The third kappa shape index (κ3) is 2.59. The highest BCUT2D eigenvalue weighted by Gasteiger charge is 2.28. The van der Waals surface area contributed by atoms with Crippen molar-refractivity contribution in [3.8, 4) is 0 Å². The van der Waals surface area contributed by atoms with Gasteiger partial charge in [0.15, 0.2) is 0 Å². The molecule has 1 saturated heterocycles. The van der Waals surface area contributed by atoms with Crippen LogP contribution in [0, 0.1) is 0 Å². The lowest BCUT2D eigenvalue weighted by atomic mass is 9.99. The number of carbonyl (C=O) groups excluding carboxylic acids is 1. The van der Waals surface area contributed by atoms with Crippen molar-refractivity contribution in [1.82, 2.24) is 9.88 Å². The quantitative estimate of drug-likeness (QED) is 0.720. The molecule has 1 aliphatic rings. The van der Waals surface area contributed by atoms with Crippen LogP contribution in [-0.4, -0.2) is 28.9 Å². The Bertz CT molecular complexity index is 839. The van der Waals surface area contributed by atoms with Crippen molar-refractivity contribution in [3.05, 3.63) is 78.0 Å². The third-order valence-corrected chi connectivity index (χ3v) is 4.63. The van der Waals surface area contributed by atoms with Crippen LogP contribution in [-0.2, 0) is 0 Å². The molecule has 0 unspecified atom stereocenters. The number of amides is 1. The SMILES string of the molecule is O=C(c1ccnc2ccccc12)N1CC[C@@H](c2ccccc2)C1. The molecule has 0 aliphatic carbocycles. The highest BCUT2D eigenvalue weighted by molar-refractivity contribution is 6.06. The third-order valence-electron chi connectivity index (χ3n) is 4.63. The maximum Gasteiger partial charge on any atom is 0.254 e. The van der Waals surface area contributed by atoms with E-state index in [0.29, 0.717) is 5.92 Å². The van der Waals surface area contributed by atoms with Crippen LogP contribution in [0.5, 0.6) is 0 Å². The van der Waals surface area contributed by atoms with Crippen molar-refractivity contribution >= 4 is 16.8 Å². The summed E-state index contributed by atoms with van der Waals surface area (Å²) in [6, 6.07) is 20.1. The van der Waals surface area contributed by atoms with Gasteiger partial charge >= 0.3 is 0 Å². The van der Waals surface area contributed by atoms with Gasteiger partial charge in [0.05, 0.1) is 11.1 Å². The molecule has 1 aromatic heterocycles. The van der Waals surface area contributed by atoms with Crippen LogP contribution >= 0.6 is 0 Å². The summed E-state index contributed by atoms with van der Waals surface area (Å²) in [4.78, 5) is 19.3. The van der Waals surface area contributed by atoms with E-state index in [-0.39, 0.29) is 5.91 Å². The first-order valence-corrected chi connectivity index (χ1v) is 8.01. The van der Waals surface area contributed by atoms with Gasteiger partial charge in [-0.05, 0) is 24.1 Å². The number of carbonyl (C=O) groups is 1. The van der Waals surface area contributed by atoms with Gasteiger partial charge in [0, 0.05) is 30.6 Å². The van der Waals surface area contributed by atoms with E-state index in [0.717, 1.165) is 36.0 Å². The van der Waals surface area contributed by atoms with E-state index in [2.05, 4.69) is 29.2 Å². The highest BCUT2D eigenvalue weighted by Crippen LogP contribution is 2.29. The van der Waals surface area contributed by atoms with E-state index in [9.17, 15) is 4.79 Å². The molecule has 0 radical (unpaired) electrons. The van der Waals surface area contributed by atoms with Crippen LogP contribution in [0.4, 0.5) is 0 Å². The minimum Gasteiger partial charge on any atom is -0.338 e. The predicted molar refractivity (Wildman–Crippen MR) is 91.4 cm³/mol. The second-order valence-corrected chi connectivity index (χ2v) is 6.02. The average molecular weight is 302 g/mol. The van der Waals surface area contributed by atoms with Crippen molar-refractivity contribution in [2.24, 2.45) is 0 Å².